The normalized spacial score (nSPS) is 19.8. The number of aryl methyl sites for hydroxylation is 1. The van der Waals surface area contributed by atoms with Crippen LogP contribution in [0.15, 0.2) is 70.3 Å². The highest BCUT2D eigenvalue weighted by molar-refractivity contribution is 8.29. The van der Waals surface area contributed by atoms with Crippen LogP contribution in [0.4, 0.5) is 11.4 Å². The van der Waals surface area contributed by atoms with Crippen molar-refractivity contribution in [1.82, 2.24) is 0 Å². The van der Waals surface area contributed by atoms with E-state index >= 15 is 0 Å². The first-order chi connectivity index (χ1) is 15.9. The largest absolute Gasteiger partial charge is 0.462 e. The second-order valence-electron chi connectivity index (χ2n) is 7.33. The van der Waals surface area contributed by atoms with E-state index in [1.165, 1.54) is 23.5 Å². The van der Waals surface area contributed by atoms with Gasteiger partial charge in [0.2, 0.25) is 9.37 Å². The molecule has 0 aromatic heterocycles. The number of carbonyl (C=O) groups is 2. The molecule has 0 saturated heterocycles. The number of benzene rings is 2. The van der Waals surface area contributed by atoms with Gasteiger partial charge in [0.15, 0.2) is 0 Å². The summed E-state index contributed by atoms with van der Waals surface area (Å²) in [6, 6.07) is 17.6. The predicted molar refractivity (Wildman–Crippen MR) is 134 cm³/mol. The summed E-state index contributed by atoms with van der Waals surface area (Å²) < 4.78 is 9.64. The van der Waals surface area contributed by atoms with E-state index in [1.807, 2.05) is 73.3 Å². The maximum Gasteiger partial charge on any atom is 0.365 e. The number of esters is 2. The Balaban J connectivity index is 1.89. The van der Waals surface area contributed by atoms with Crippen LogP contribution in [0.2, 0.25) is 0 Å². The Morgan fingerprint density at radius 2 is 1.58 bits per heavy atom. The summed E-state index contributed by atoms with van der Waals surface area (Å²) in [6.45, 7) is 7.95. The number of allylic oxidation sites excluding steroid dienone is 1. The molecule has 1 atom stereocenters. The number of anilines is 2. The second kappa shape index (κ2) is 9.52. The Hall–Kier alpha value is -2.91. The maximum absolute atomic E-state index is 12.9. The van der Waals surface area contributed by atoms with Gasteiger partial charge in [-0.2, -0.15) is 5.10 Å². The molecular formula is C24H25N3O4S2. The number of ether oxygens (including phenoxy) is 2. The number of thioether (sulfide) groups is 2. The number of hydrogen-bond donors (Lipinski definition) is 0. The van der Waals surface area contributed by atoms with Gasteiger partial charge in [0.1, 0.15) is 4.91 Å². The van der Waals surface area contributed by atoms with Crippen LogP contribution in [-0.2, 0) is 19.1 Å². The maximum atomic E-state index is 12.9. The molecule has 2 aromatic rings. The van der Waals surface area contributed by atoms with Gasteiger partial charge in [0, 0.05) is 11.4 Å². The summed E-state index contributed by atoms with van der Waals surface area (Å²) in [4.78, 5) is 28.2. The van der Waals surface area contributed by atoms with E-state index in [4.69, 9.17) is 14.6 Å². The molecule has 2 aliphatic heterocycles. The SMILES string of the molecule is CCOC(=O)C1=NN(c2cccc(C)c2)[C@]2(S1)SC(C(=O)OCC)=C(C)N2c1ccccc1. The zero-order chi connectivity index (χ0) is 23.6. The predicted octanol–water partition coefficient (Wildman–Crippen LogP) is 5.08. The summed E-state index contributed by atoms with van der Waals surface area (Å²) in [5, 5.41) is 6.72. The van der Waals surface area contributed by atoms with Crippen LogP contribution in [0.1, 0.15) is 26.3 Å². The first-order valence-electron chi connectivity index (χ1n) is 10.6. The highest BCUT2D eigenvalue weighted by Crippen LogP contribution is 2.60. The molecule has 0 fully saturated rings. The van der Waals surface area contributed by atoms with Gasteiger partial charge in [-0.05, 0) is 69.3 Å². The lowest BCUT2D eigenvalue weighted by molar-refractivity contribution is -0.137. The molecule has 9 heteroatoms. The second-order valence-corrected chi connectivity index (χ2v) is 9.94. The van der Waals surface area contributed by atoms with Crippen molar-refractivity contribution in [2.24, 2.45) is 5.10 Å². The third-order valence-electron chi connectivity index (χ3n) is 5.04. The number of rotatable bonds is 6. The quantitative estimate of drug-likeness (QED) is 0.527. The molecule has 0 aliphatic carbocycles. The molecule has 0 saturated carbocycles. The van der Waals surface area contributed by atoms with Gasteiger partial charge >= 0.3 is 11.9 Å². The molecule has 0 radical (unpaired) electrons. The number of carbonyl (C=O) groups excluding carboxylic acids is 2. The molecule has 4 rings (SSSR count). The minimum atomic E-state index is -0.983. The minimum absolute atomic E-state index is 0.227. The molecule has 33 heavy (non-hydrogen) atoms. The molecule has 172 valence electrons. The average molecular weight is 484 g/mol. The molecule has 2 heterocycles. The van der Waals surface area contributed by atoms with Gasteiger partial charge in [-0.3, -0.25) is 0 Å². The first-order valence-corrected chi connectivity index (χ1v) is 12.3. The fourth-order valence-electron chi connectivity index (χ4n) is 3.69. The fraction of sp³-hybridized carbons (Fsp3) is 0.292. The van der Waals surface area contributed by atoms with Gasteiger partial charge < -0.3 is 14.4 Å². The van der Waals surface area contributed by atoms with Crippen molar-refractivity contribution in [2.75, 3.05) is 23.1 Å². The fourth-order valence-corrected chi connectivity index (χ4v) is 6.64. The first kappa shape index (κ1) is 23.3. The summed E-state index contributed by atoms with van der Waals surface area (Å²) in [5.74, 6) is -0.889. The molecule has 2 aromatic carbocycles. The summed E-state index contributed by atoms with van der Waals surface area (Å²) in [6.07, 6.45) is 0. The molecular weight excluding hydrogens is 458 g/mol. The minimum Gasteiger partial charge on any atom is -0.462 e. The Kier molecular flexibility index (Phi) is 6.71. The summed E-state index contributed by atoms with van der Waals surface area (Å²) in [7, 11) is 0. The van der Waals surface area contributed by atoms with Gasteiger partial charge in [-0.15, -0.1) is 0 Å². The van der Waals surface area contributed by atoms with Crippen molar-refractivity contribution in [1.29, 1.82) is 0 Å². The molecule has 0 amide bonds. The van der Waals surface area contributed by atoms with Gasteiger partial charge in [-0.1, -0.05) is 42.1 Å². The van der Waals surface area contributed by atoms with Crippen LogP contribution in [0, 0.1) is 6.92 Å². The van der Waals surface area contributed by atoms with Crippen LogP contribution in [-0.4, -0.2) is 34.5 Å². The van der Waals surface area contributed by atoms with Crippen LogP contribution < -0.4 is 9.91 Å². The molecule has 0 unspecified atom stereocenters. The third-order valence-corrected chi connectivity index (χ3v) is 7.89. The Morgan fingerprint density at radius 1 is 0.909 bits per heavy atom. The van der Waals surface area contributed by atoms with Crippen LogP contribution >= 0.6 is 23.5 Å². The van der Waals surface area contributed by atoms with Crippen LogP contribution in [0.25, 0.3) is 0 Å². The molecule has 2 aliphatic rings. The Bertz CT molecular complexity index is 1140. The Labute approximate surface area is 201 Å². The van der Waals surface area contributed by atoms with E-state index in [9.17, 15) is 9.59 Å². The van der Waals surface area contributed by atoms with Crippen LogP contribution in [0.5, 0.6) is 0 Å². The van der Waals surface area contributed by atoms with E-state index < -0.39 is 16.3 Å². The van der Waals surface area contributed by atoms with Gasteiger partial charge in [0.25, 0.3) is 0 Å². The highest BCUT2D eigenvalue weighted by Gasteiger charge is 2.58. The zero-order valence-corrected chi connectivity index (χ0v) is 20.5. The number of hydrogen-bond acceptors (Lipinski definition) is 9. The van der Waals surface area contributed by atoms with E-state index in [0.717, 1.165) is 22.6 Å². The van der Waals surface area contributed by atoms with Crippen molar-refractivity contribution >= 4 is 51.9 Å². The lowest BCUT2D eigenvalue weighted by Crippen LogP contribution is -2.49. The molecule has 0 N–H and O–H groups in total. The zero-order valence-electron chi connectivity index (χ0n) is 18.9. The van der Waals surface area contributed by atoms with Crippen molar-refractivity contribution in [3.8, 4) is 0 Å². The highest BCUT2D eigenvalue weighted by atomic mass is 32.2. The number of hydrazone groups is 1. The van der Waals surface area contributed by atoms with Crippen molar-refractivity contribution < 1.29 is 19.1 Å². The topological polar surface area (TPSA) is 71.4 Å². The Morgan fingerprint density at radius 3 is 2.24 bits per heavy atom. The monoisotopic (exact) mass is 483 g/mol. The van der Waals surface area contributed by atoms with E-state index in [-0.39, 0.29) is 18.3 Å². The average Bonchev–Trinajstić information content (AvgIpc) is 3.32. The van der Waals surface area contributed by atoms with E-state index in [1.54, 1.807) is 18.9 Å². The lowest BCUT2D eigenvalue weighted by Gasteiger charge is -2.41. The van der Waals surface area contributed by atoms with E-state index in [0.29, 0.717) is 4.91 Å². The number of nitrogens with zero attached hydrogens (tertiary/aromatic N) is 3. The third kappa shape index (κ3) is 4.22. The van der Waals surface area contributed by atoms with Gasteiger partial charge in [-0.25, -0.2) is 14.6 Å². The van der Waals surface area contributed by atoms with Crippen LogP contribution in [0.3, 0.4) is 0 Å². The van der Waals surface area contributed by atoms with E-state index in [2.05, 4.69) is 0 Å². The smallest absolute Gasteiger partial charge is 0.365 e. The molecule has 1 spiro atoms. The molecule has 0 bridgehead atoms. The molecule has 7 nitrogen and oxygen atoms in total. The number of para-hydroxylation sites is 1. The van der Waals surface area contributed by atoms with Crippen molar-refractivity contribution in [2.45, 2.75) is 32.0 Å². The van der Waals surface area contributed by atoms with Crippen molar-refractivity contribution in [3.63, 3.8) is 0 Å². The standard InChI is InChI=1S/C24H25N3O4S2/c1-5-30-22(28)20-17(4)26(18-12-8-7-9-13-18)24(32-20)27(19-14-10-11-16(3)15-19)25-21(33-24)23(29)31-6-2/h7-15H,5-6H2,1-4H3/t24-/m0/s1. The summed E-state index contributed by atoms with van der Waals surface area (Å²) >= 11 is 2.59. The van der Waals surface area contributed by atoms with Crippen molar-refractivity contribution in [3.05, 3.63) is 70.8 Å². The lowest BCUT2D eigenvalue weighted by atomic mass is 10.2. The van der Waals surface area contributed by atoms with Gasteiger partial charge in [0.05, 0.1) is 18.9 Å². The summed E-state index contributed by atoms with van der Waals surface area (Å²) in [5.41, 5.74) is 3.45.